The molecule has 0 atom stereocenters. The summed E-state index contributed by atoms with van der Waals surface area (Å²) in [4.78, 5) is 10.4. The van der Waals surface area contributed by atoms with Crippen LogP contribution in [0.1, 0.15) is 11.1 Å². The number of hydrogen-bond donors (Lipinski definition) is 0. The van der Waals surface area contributed by atoms with Crippen molar-refractivity contribution in [3.05, 3.63) is 62.7 Å². The molecule has 102 valence electrons. The highest BCUT2D eigenvalue weighted by Gasteiger charge is 2.18. The summed E-state index contributed by atoms with van der Waals surface area (Å²) in [6, 6.07) is 11.9. The fourth-order valence-corrected chi connectivity index (χ4v) is 1.81. The van der Waals surface area contributed by atoms with Gasteiger partial charge in [0, 0.05) is 6.07 Å². The second-order valence-electron chi connectivity index (χ2n) is 3.91. The van der Waals surface area contributed by atoms with Crippen molar-refractivity contribution in [2.45, 2.75) is 0 Å². The van der Waals surface area contributed by atoms with Crippen LogP contribution in [0.3, 0.4) is 0 Å². The van der Waals surface area contributed by atoms with Crippen LogP contribution < -0.4 is 4.74 Å². The van der Waals surface area contributed by atoms with E-state index in [-0.39, 0.29) is 27.8 Å². The highest BCUT2D eigenvalue weighted by molar-refractivity contribution is 6.32. The number of nitro groups is 1. The monoisotopic (exact) mass is 299 g/mol. The number of hydrogen-bond acceptors (Lipinski definition) is 5. The number of nitro benzene ring substituents is 1. The number of rotatable bonds is 3. The molecule has 0 spiro atoms. The van der Waals surface area contributed by atoms with Crippen LogP contribution in [0, 0.1) is 32.8 Å². The van der Waals surface area contributed by atoms with Gasteiger partial charge in [-0.2, -0.15) is 10.5 Å². The van der Waals surface area contributed by atoms with Gasteiger partial charge in [0.15, 0.2) is 0 Å². The number of ether oxygens (including phenoxy) is 1. The average molecular weight is 300 g/mol. The zero-order valence-corrected chi connectivity index (χ0v) is 11.2. The van der Waals surface area contributed by atoms with Gasteiger partial charge >= 0.3 is 5.69 Å². The third kappa shape index (κ3) is 3.08. The number of nitrogens with zero attached hydrogens (tertiary/aromatic N) is 3. The summed E-state index contributed by atoms with van der Waals surface area (Å²) < 4.78 is 5.41. The van der Waals surface area contributed by atoms with Crippen molar-refractivity contribution in [3.8, 4) is 23.6 Å². The van der Waals surface area contributed by atoms with Gasteiger partial charge in [0.25, 0.3) is 0 Å². The van der Waals surface area contributed by atoms with Gasteiger partial charge in [-0.1, -0.05) is 11.6 Å². The minimum absolute atomic E-state index is 0.0365. The highest BCUT2D eigenvalue weighted by Crippen LogP contribution is 2.35. The van der Waals surface area contributed by atoms with Crippen molar-refractivity contribution in [1.29, 1.82) is 10.5 Å². The molecule has 0 saturated heterocycles. The fraction of sp³-hybridized carbons (Fsp3) is 0. The van der Waals surface area contributed by atoms with E-state index < -0.39 is 4.92 Å². The summed E-state index contributed by atoms with van der Waals surface area (Å²) in [5, 5.41) is 28.7. The molecule has 2 rings (SSSR count). The van der Waals surface area contributed by atoms with E-state index in [0.29, 0.717) is 5.56 Å². The maximum absolute atomic E-state index is 11.0. The predicted octanol–water partition coefficient (Wildman–Crippen LogP) is 3.78. The Balaban J connectivity index is 2.43. The standard InChI is InChI=1S/C14H6ClN3O3/c15-11-5-9(7-16)1-3-13(11)21-14-4-2-10(8-17)6-12(14)18(19)20/h1-6H. The van der Waals surface area contributed by atoms with Gasteiger partial charge < -0.3 is 4.74 Å². The molecule has 21 heavy (non-hydrogen) atoms. The maximum Gasteiger partial charge on any atom is 0.312 e. The number of benzene rings is 2. The van der Waals surface area contributed by atoms with E-state index in [2.05, 4.69) is 0 Å². The van der Waals surface area contributed by atoms with Crippen molar-refractivity contribution >= 4 is 17.3 Å². The predicted molar refractivity (Wildman–Crippen MR) is 74.1 cm³/mol. The molecule has 0 radical (unpaired) electrons. The van der Waals surface area contributed by atoms with E-state index in [9.17, 15) is 10.1 Å². The molecule has 0 heterocycles. The number of halogens is 1. The molecule has 0 aliphatic heterocycles. The highest BCUT2D eigenvalue weighted by atomic mass is 35.5. The lowest BCUT2D eigenvalue weighted by atomic mass is 10.2. The van der Waals surface area contributed by atoms with Crippen LogP contribution in [0.25, 0.3) is 0 Å². The van der Waals surface area contributed by atoms with Gasteiger partial charge in [0.05, 0.1) is 33.2 Å². The Labute approximate surface area is 124 Å². The van der Waals surface area contributed by atoms with Crippen LogP contribution in [0.2, 0.25) is 5.02 Å². The van der Waals surface area contributed by atoms with E-state index in [1.165, 1.54) is 30.3 Å². The van der Waals surface area contributed by atoms with E-state index in [0.717, 1.165) is 6.07 Å². The van der Waals surface area contributed by atoms with E-state index >= 15 is 0 Å². The molecular formula is C14H6ClN3O3. The minimum Gasteiger partial charge on any atom is -0.449 e. The van der Waals surface area contributed by atoms with Crippen molar-refractivity contribution in [2.24, 2.45) is 0 Å². The molecule has 0 amide bonds. The second kappa shape index (κ2) is 5.91. The van der Waals surface area contributed by atoms with Gasteiger partial charge in [-0.15, -0.1) is 0 Å². The smallest absolute Gasteiger partial charge is 0.312 e. The molecule has 0 N–H and O–H groups in total. The van der Waals surface area contributed by atoms with Gasteiger partial charge in [-0.25, -0.2) is 0 Å². The average Bonchev–Trinajstić information content (AvgIpc) is 2.49. The molecule has 0 bridgehead atoms. The third-order valence-electron chi connectivity index (χ3n) is 2.57. The van der Waals surface area contributed by atoms with Gasteiger partial charge in [-0.05, 0) is 30.3 Å². The maximum atomic E-state index is 11.0. The molecule has 0 aliphatic carbocycles. The lowest BCUT2D eigenvalue weighted by Crippen LogP contribution is -1.95. The quantitative estimate of drug-likeness (QED) is 0.634. The van der Waals surface area contributed by atoms with Crippen LogP contribution >= 0.6 is 11.6 Å². The summed E-state index contributed by atoms with van der Waals surface area (Å²) in [7, 11) is 0. The van der Waals surface area contributed by atoms with Gasteiger partial charge in [-0.3, -0.25) is 10.1 Å². The Hall–Kier alpha value is -3.09. The Morgan fingerprint density at radius 1 is 1.05 bits per heavy atom. The van der Waals surface area contributed by atoms with Crippen molar-refractivity contribution < 1.29 is 9.66 Å². The molecule has 2 aromatic carbocycles. The topological polar surface area (TPSA) is 99.9 Å². The largest absolute Gasteiger partial charge is 0.449 e. The van der Waals surface area contributed by atoms with Crippen molar-refractivity contribution in [2.75, 3.05) is 0 Å². The van der Waals surface area contributed by atoms with E-state index in [4.69, 9.17) is 26.9 Å². The normalized spacial score (nSPS) is 9.48. The molecule has 6 nitrogen and oxygen atoms in total. The van der Waals surface area contributed by atoms with E-state index in [1.807, 2.05) is 12.1 Å². The Morgan fingerprint density at radius 3 is 2.14 bits per heavy atom. The summed E-state index contributed by atoms with van der Waals surface area (Å²) in [6.07, 6.45) is 0. The molecular weight excluding hydrogens is 294 g/mol. The van der Waals surface area contributed by atoms with Crippen LogP contribution in [0.15, 0.2) is 36.4 Å². The molecule has 0 aromatic heterocycles. The Bertz CT molecular complexity index is 806. The summed E-state index contributed by atoms with van der Waals surface area (Å²) in [5.74, 6) is 0.147. The zero-order valence-electron chi connectivity index (χ0n) is 10.4. The summed E-state index contributed by atoms with van der Waals surface area (Å²) in [5.41, 5.74) is 0.163. The molecule has 7 heteroatoms. The van der Waals surface area contributed by atoms with Crippen molar-refractivity contribution in [1.82, 2.24) is 0 Å². The molecule has 2 aromatic rings. The Morgan fingerprint density at radius 2 is 1.62 bits per heavy atom. The first kappa shape index (κ1) is 14.3. The molecule has 0 aliphatic rings. The number of nitriles is 2. The first-order chi connectivity index (χ1) is 10.0. The lowest BCUT2D eigenvalue weighted by Gasteiger charge is -2.08. The SMILES string of the molecule is N#Cc1ccc(Oc2ccc(C#N)cc2[N+](=O)[O-])c(Cl)c1. The Kier molecular flexibility index (Phi) is 4.03. The molecule has 0 fully saturated rings. The van der Waals surface area contributed by atoms with Crippen LogP contribution in [0.4, 0.5) is 5.69 Å². The fourth-order valence-electron chi connectivity index (χ4n) is 1.59. The second-order valence-corrected chi connectivity index (χ2v) is 4.32. The van der Waals surface area contributed by atoms with E-state index in [1.54, 1.807) is 0 Å². The van der Waals surface area contributed by atoms with Gasteiger partial charge in [0.1, 0.15) is 5.75 Å². The summed E-state index contributed by atoms with van der Waals surface area (Å²) in [6.45, 7) is 0. The lowest BCUT2D eigenvalue weighted by molar-refractivity contribution is -0.385. The summed E-state index contributed by atoms with van der Waals surface area (Å²) >= 11 is 5.95. The molecule has 0 unspecified atom stereocenters. The first-order valence-corrected chi connectivity index (χ1v) is 5.99. The van der Waals surface area contributed by atoms with Gasteiger partial charge in [0.2, 0.25) is 5.75 Å². The van der Waals surface area contributed by atoms with Crippen LogP contribution in [-0.2, 0) is 0 Å². The molecule has 0 saturated carbocycles. The van der Waals surface area contributed by atoms with Crippen molar-refractivity contribution in [3.63, 3.8) is 0 Å². The third-order valence-corrected chi connectivity index (χ3v) is 2.86. The first-order valence-electron chi connectivity index (χ1n) is 5.61. The zero-order chi connectivity index (χ0) is 15.4. The minimum atomic E-state index is -0.645. The van der Waals surface area contributed by atoms with Crippen LogP contribution in [-0.4, -0.2) is 4.92 Å². The van der Waals surface area contributed by atoms with Crippen LogP contribution in [0.5, 0.6) is 11.5 Å².